The summed E-state index contributed by atoms with van der Waals surface area (Å²) in [6.07, 6.45) is 29.9. The molecule has 2 aromatic heterocycles. The Hall–Kier alpha value is -7.27. The first-order valence-electron chi connectivity index (χ1n) is 38.2. The van der Waals surface area contributed by atoms with Crippen molar-refractivity contribution in [3.05, 3.63) is 224 Å². The molecule has 0 saturated carbocycles. The van der Waals surface area contributed by atoms with Gasteiger partial charge in [-0.25, -0.2) is 0 Å². The third kappa shape index (κ3) is 29.7. The van der Waals surface area contributed by atoms with Crippen LogP contribution in [0.2, 0.25) is 5.04 Å². The molecule has 558 valence electrons. The summed E-state index contributed by atoms with van der Waals surface area (Å²) in [4.78, 5) is 30.5. The third-order valence-electron chi connectivity index (χ3n) is 18.8. The van der Waals surface area contributed by atoms with E-state index in [4.69, 9.17) is 13.9 Å². The Labute approximate surface area is 628 Å². The minimum atomic E-state index is -2.55. The molecule has 0 saturated heterocycles. The second-order valence-corrected chi connectivity index (χ2v) is 34.4. The molecule has 0 spiro atoms. The largest absolute Gasteiger partial charge is 1.00 e. The fraction of sp³-hybridized carbons (Fsp3) is 0.438. The van der Waals surface area contributed by atoms with Crippen LogP contribution in [-0.4, -0.2) is 108 Å². The van der Waals surface area contributed by atoms with Gasteiger partial charge in [-0.1, -0.05) is 215 Å². The third-order valence-corrected chi connectivity index (χ3v) is 25.8. The van der Waals surface area contributed by atoms with Gasteiger partial charge in [-0.05, 0) is 170 Å². The number of quaternary nitrogens is 1. The van der Waals surface area contributed by atoms with E-state index in [0.29, 0.717) is 18.1 Å². The Balaban J connectivity index is 0.000000315. The van der Waals surface area contributed by atoms with E-state index < -0.39 is 8.32 Å². The number of carbonyl (C=O) groups is 2. The number of nitrogens with zero attached hydrogens (tertiary/aromatic N) is 3. The number of unbranched alkanes of at least 4 members (excludes halogenated alkanes) is 9. The standard InChI is InChI=1S/C45H53NO3SSi.C28H33NO4S.C16H36N.FH/c1-5-6-16-31-46(32-17-18-33-49-51(45(2,3)4,42-21-12-8-13-22-42)43-23-14-9-15-24-43)39-27-25-38(26-28-40-29-30-41(35-47)50-40)44(34-39)48-36-37-19-10-7-11-20-37;30-18-6-4-16-29(17-5-7-19-31)25-12-10-24(11-13-26-14-15-27(21-32)34-26)28(20-25)33-22-23-8-2-1-3-9-23;1-5-9-13-17(14-10-6-2,15-11-7-3)16-12-8-4;/h7-15,19-30,34-35H,5-6,16-18,31-33,36H2,1-4H3;1-3,8-15,20-21,30-31H,4-7,16-19,22H2;5-16H2,1-4H3;1H/q;;+1;/p-1/b28-26+;13-11+;;. The van der Waals surface area contributed by atoms with Crippen LogP contribution in [0.15, 0.2) is 182 Å². The number of benzene rings is 6. The Kier molecular flexibility index (Phi) is 41.5. The zero-order chi connectivity index (χ0) is 72.9. The van der Waals surface area contributed by atoms with E-state index in [9.17, 15) is 19.8 Å². The molecule has 0 aliphatic rings. The van der Waals surface area contributed by atoms with E-state index >= 15 is 0 Å². The van der Waals surface area contributed by atoms with E-state index in [1.54, 1.807) is 0 Å². The SMILES string of the molecule is CCCCCN(CCCCO[Si](c1ccccc1)(c1ccccc1)C(C)(C)C)c1ccc(/C=C/c2ccc(C=O)s2)c(OCc2ccccc2)c1.CCCC[N+](CCCC)(CCCC)CCCC.O=Cc1ccc(/C=C/c2ccc(N(CCCCO)CCCCO)cc2OCc2ccccc2)s1.[F-]. The van der Waals surface area contributed by atoms with Gasteiger partial charge in [-0.2, -0.15) is 0 Å². The molecule has 0 aliphatic heterocycles. The number of aldehydes is 2. The van der Waals surface area contributed by atoms with Crippen molar-refractivity contribution in [3.63, 3.8) is 0 Å². The summed E-state index contributed by atoms with van der Waals surface area (Å²) >= 11 is 2.94. The molecule has 14 heteroatoms. The van der Waals surface area contributed by atoms with Crippen LogP contribution in [0.4, 0.5) is 11.4 Å². The Morgan fingerprint density at radius 2 is 0.767 bits per heavy atom. The molecule has 0 bridgehead atoms. The first-order chi connectivity index (χ1) is 49.8. The second-order valence-electron chi connectivity index (χ2n) is 27.8. The number of anilines is 2. The summed E-state index contributed by atoms with van der Waals surface area (Å²) in [5, 5.41) is 21.0. The lowest BCUT2D eigenvalue weighted by molar-refractivity contribution is -0.929. The highest BCUT2D eigenvalue weighted by molar-refractivity contribution is 7.14. The first kappa shape index (κ1) is 86.4. The summed E-state index contributed by atoms with van der Waals surface area (Å²) in [6, 6.07) is 62.7. The molecule has 10 nitrogen and oxygen atoms in total. The second kappa shape index (κ2) is 49.4. The molecule has 0 atom stereocenters. The molecule has 6 aromatic carbocycles. The fourth-order valence-electron chi connectivity index (χ4n) is 13.0. The Morgan fingerprint density at radius 3 is 1.11 bits per heavy atom. The molecule has 2 heterocycles. The number of hydrogen-bond acceptors (Lipinski definition) is 11. The molecule has 0 fully saturated rings. The van der Waals surface area contributed by atoms with Gasteiger partial charge in [-0.15, -0.1) is 22.7 Å². The summed E-state index contributed by atoms with van der Waals surface area (Å²) in [5.74, 6) is 1.65. The molecule has 0 amide bonds. The van der Waals surface area contributed by atoms with Gasteiger partial charge in [0.2, 0.25) is 0 Å². The molecule has 0 aliphatic carbocycles. The smallest absolute Gasteiger partial charge is 0.261 e. The number of thiophene rings is 2. The predicted octanol–water partition coefficient (Wildman–Crippen LogP) is 18.3. The van der Waals surface area contributed by atoms with E-state index in [-0.39, 0.29) is 23.0 Å². The normalized spacial score (nSPS) is 11.6. The Morgan fingerprint density at radius 1 is 0.417 bits per heavy atom. The maximum atomic E-state index is 11.2. The van der Waals surface area contributed by atoms with Crippen LogP contribution in [0.25, 0.3) is 24.3 Å². The van der Waals surface area contributed by atoms with Crippen molar-refractivity contribution in [2.45, 2.75) is 183 Å². The van der Waals surface area contributed by atoms with E-state index in [1.807, 2.05) is 84.9 Å². The summed E-state index contributed by atoms with van der Waals surface area (Å²) in [6.45, 7) is 30.0. The highest BCUT2D eigenvalue weighted by atomic mass is 32.1. The first-order valence-corrected chi connectivity index (χ1v) is 41.7. The molecule has 8 rings (SSSR count). The van der Waals surface area contributed by atoms with E-state index in [2.05, 4.69) is 187 Å². The zero-order valence-electron chi connectivity index (χ0n) is 63.5. The molecular formula is C89H122FN3O7S2Si. The number of carbonyl (C=O) groups excluding carboxylic acids is 2. The lowest BCUT2D eigenvalue weighted by atomic mass is 10.1. The fourth-order valence-corrected chi connectivity index (χ4v) is 19.0. The van der Waals surface area contributed by atoms with Crippen molar-refractivity contribution in [1.29, 1.82) is 0 Å². The average molecular weight is 1460 g/mol. The van der Waals surface area contributed by atoms with Crippen molar-refractivity contribution in [2.24, 2.45) is 0 Å². The van der Waals surface area contributed by atoms with Crippen LogP contribution in [0.1, 0.15) is 216 Å². The molecule has 103 heavy (non-hydrogen) atoms. The molecular weight excluding hydrogens is 1330 g/mol. The monoisotopic (exact) mass is 1460 g/mol. The number of hydrogen-bond donors (Lipinski definition) is 2. The van der Waals surface area contributed by atoms with Crippen LogP contribution in [0.3, 0.4) is 0 Å². The predicted molar refractivity (Wildman–Crippen MR) is 440 cm³/mol. The van der Waals surface area contributed by atoms with Crippen molar-refractivity contribution in [2.75, 3.05) is 82.0 Å². The highest BCUT2D eigenvalue weighted by Gasteiger charge is 2.50. The van der Waals surface area contributed by atoms with Gasteiger partial charge in [0.25, 0.3) is 8.32 Å². The number of ether oxygens (including phenoxy) is 2. The number of rotatable bonds is 46. The van der Waals surface area contributed by atoms with Crippen LogP contribution in [-0.2, 0) is 17.6 Å². The van der Waals surface area contributed by atoms with Gasteiger partial charge in [0.15, 0.2) is 12.6 Å². The molecule has 0 unspecified atom stereocenters. The van der Waals surface area contributed by atoms with Crippen molar-refractivity contribution < 1.29 is 42.9 Å². The minimum Gasteiger partial charge on any atom is -1.00 e. The van der Waals surface area contributed by atoms with E-state index in [0.717, 1.165) is 144 Å². The molecule has 8 aromatic rings. The van der Waals surface area contributed by atoms with Crippen molar-refractivity contribution in [3.8, 4) is 11.5 Å². The van der Waals surface area contributed by atoms with Gasteiger partial charge >= 0.3 is 0 Å². The summed E-state index contributed by atoms with van der Waals surface area (Å²) < 4.78 is 21.4. The number of aliphatic hydroxyl groups excluding tert-OH is 2. The van der Waals surface area contributed by atoms with Gasteiger partial charge in [0, 0.05) is 90.4 Å². The lowest BCUT2D eigenvalue weighted by Crippen LogP contribution is -3.00. The van der Waals surface area contributed by atoms with Crippen molar-refractivity contribution in [1.82, 2.24) is 0 Å². The average Bonchev–Trinajstić information content (AvgIpc) is 1.13. The van der Waals surface area contributed by atoms with Crippen LogP contribution < -0.4 is 34.4 Å². The van der Waals surface area contributed by atoms with Crippen LogP contribution in [0.5, 0.6) is 11.5 Å². The topological polar surface area (TPSA) is 109 Å². The summed E-state index contributed by atoms with van der Waals surface area (Å²) in [7, 11) is -2.55. The number of halogens is 1. The minimum absolute atomic E-state index is 0. The van der Waals surface area contributed by atoms with Crippen LogP contribution >= 0.6 is 22.7 Å². The quantitative estimate of drug-likeness (QED) is 0.0167. The maximum absolute atomic E-state index is 11.2. The van der Waals surface area contributed by atoms with Gasteiger partial charge in [-0.3, -0.25) is 9.59 Å². The molecule has 2 N–H and O–H groups in total. The summed E-state index contributed by atoms with van der Waals surface area (Å²) in [5.41, 5.74) is 6.45. The van der Waals surface area contributed by atoms with Gasteiger partial charge in [0.1, 0.15) is 24.7 Å². The highest BCUT2D eigenvalue weighted by Crippen LogP contribution is 2.38. The number of aliphatic hydroxyl groups is 2. The van der Waals surface area contributed by atoms with Crippen LogP contribution in [0, 0.1) is 0 Å². The zero-order valence-corrected chi connectivity index (χ0v) is 66.1. The van der Waals surface area contributed by atoms with E-state index in [1.165, 1.54) is 134 Å². The molecule has 0 radical (unpaired) electrons. The van der Waals surface area contributed by atoms with Gasteiger partial charge in [0.05, 0.1) is 35.9 Å². The maximum Gasteiger partial charge on any atom is 0.261 e. The lowest BCUT2D eigenvalue weighted by Gasteiger charge is -2.43. The van der Waals surface area contributed by atoms with Gasteiger partial charge < -0.3 is 43.1 Å². The van der Waals surface area contributed by atoms with Crippen molar-refractivity contribution >= 4 is 89.6 Å². The Bertz CT molecular complexity index is 3510.